The lowest BCUT2D eigenvalue weighted by Crippen LogP contribution is -2.26. The molecule has 176 valence electrons. The third-order valence-corrected chi connectivity index (χ3v) is 6.98. The summed E-state index contributed by atoms with van der Waals surface area (Å²) in [5.41, 5.74) is 7.07. The largest absolute Gasteiger partial charge is 0.481 e. The van der Waals surface area contributed by atoms with Crippen LogP contribution in [0.15, 0.2) is 53.6 Å². The Morgan fingerprint density at radius 2 is 1.91 bits per heavy atom. The van der Waals surface area contributed by atoms with Crippen molar-refractivity contribution in [3.63, 3.8) is 0 Å². The molecule has 1 aromatic carbocycles. The Kier molecular flexibility index (Phi) is 6.00. The first-order valence-corrected chi connectivity index (χ1v) is 12.0. The van der Waals surface area contributed by atoms with Gasteiger partial charge in [-0.05, 0) is 79.2 Å². The number of rotatable bonds is 5. The smallest absolute Gasteiger partial charge is 0.258 e. The number of methoxy groups -OCH3 is 1. The number of aromatic amines is 1. The molecule has 0 aliphatic carbocycles. The van der Waals surface area contributed by atoms with E-state index in [1.807, 2.05) is 24.4 Å². The second-order valence-corrected chi connectivity index (χ2v) is 9.52. The molecular formula is C28H32N4O2. The zero-order valence-corrected chi connectivity index (χ0v) is 20.3. The predicted octanol–water partition coefficient (Wildman–Crippen LogP) is 5.19. The zero-order valence-electron chi connectivity index (χ0n) is 20.3. The van der Waals surface area contributed by atoms with E-state index in [4.69, 9.17) is 4.74 Å². The molecule has 1 saturated heterocycles. The van der Waals surface area contributed by atoms with Crippen molar-refractivity contribution < 1.29 is 4.74 Å². The molecule has 4 heterocycles. The van der Waals surface area contributed by atoms with Crippen LogP contribution in [-0.4, -0.2) is 34.7 Å². The van der Waals surface area contributed by atoms with Gasteiger partial charge < -0.3 is 19.6 Å². The van der Waals surface area contributed by atoms with Crippen molar-refractivity contribution in [2.24, 2.45) is 7.05 Å². The Bertz CT molecular complexity index is 1390. The van der Waals surface area contributed by atoms with Gasteiger partial charge in [-0.15, -0.1) is 0 Å². The molecule has 5 rings (SSSR count). The van der Waals surface area contributed by atoms with Gasteiger partial charge in [-0.2, -0.15) is 0 Å². The second kappa shape index (κ2) is 9.11. The molecule has 34 heavy (non-hydrogen) atoms. The van der Waals surface area contributed by atoms with Gasteiger partial charge in [0.05, 0.1) is 18.4 Å². The molecule has 0 amide bonds. The SMILES string of the molecule is COc1ncccc1-c1cc(-c2[nH]c3ccc(C4CCNCC4)cc3c2C(C)C)cn(C)c1=O. The third kappa shape index (κ3) is 3.92. The van der Waals surface area contributed by atoms with E-state index >= 15 is 0 Å². The topological polar surface area (TPSA) is 71.9 Å². The Hall–Kier alpha value is -3.38. The number of hydrogen-bond donors (Lipinski definition) is 2. The molecule has 0 saturated carbocycles. The van der Waals surface area contributed by atoms with E-state index in [-0.39, 0.29) is 5.56 Å². The van der Waals surface area contributed by atoms with Crippen LogP contribution in [0.5, 0.6) is 5.88 Å². The third-order valence-electron chi connectivity index (χ3n) is 6.98. The van der Waals surface area contributed by atoms with Crippen molar-refractivity contribution in [1.82, 2.24) is 19.9 Å². The van der Waals surface area contributed by atoms with Gasteiger partial charge in [0.2, 0.25) is 5.88 Å². The Balaban J connectivity index is 1.69. The lowest BCUT2D eigenvalue weighted by molar-refractivity contribution is 0.399. The molecule has 1 fully saturated rings. The monoisotopic (exact) mass is 456 g/mol. The number of nitrogens with zero attached hydrogens (tertiary/aromatic N) is 2. The highest BCUT2D eigenvalue weighted by molar-refractivity contribution is 5.92. The summed E-state index contributed by atoms with van der Waals surface area (Å²) in [6, 6.07) is 12.5. The van der Waals surface area contributed by atoms with Crippen molar-refractivity contribution in [3.8, 4) is 28.3 Å². The summed E-state index contributed by atoms with van der Waals surface area (Å²) in [7, 11) is 3.37. The first-order valence-electron chi connectivity index (χ1n) is 12.0. The number of fused-ring (bicyclic) bond motifs is 1. The molecule has 2 N–H and O–H groups in total. The van der Waals surface area contributed by atoms with Crippen LogP contribution < -0.4 is 15.6 Å². The van der Waals surface area contributed by atoms with Gasteiger partial charge in [-0.1, -0.05) is 19.9 Å². The lowest BCUT2D eigenvalue weighted by atomic mass is 9.88. The van der Waals surface area contributed by atoms with Crippen molar-refractivity contribution >= 4 is 10.9 Å². The van der Waals surface area contributed by atoms with E-state index in [0.717, 1.165) is 29.9 Å². The average molecular weight is 457 g/mol. The molecule has 1 aliphatic rings. The number of benzene rings is 1. The quantitative estimate of drug-likeness (QED) is 0.433. The summed E-state index contributed by atoms with van der Waals surface area (Å²) in [5.74, 6) is 1.37. The fourth-order valence-corrected chi connectivity index (χ4v) is 5.27. The first-order chi connectivity index (χ1) is 16.5. The Morgan fingerprint density at radius 3 is 2.65 bits per heavy atom. The first kappa shape index (κ1) is 22.4. The minimum Gasteiger partial charge on any atom is -0.481 e. The van der Waals surface area contributed by atoms with Gasteiger partial charge in [0.1, 0.15) is 0 Å². The maximum Gasteiger partial charge on any atom is 0.258 e. The van der Waals surface area contributed by atoms with E-state index in [1.165, 1.54) is 29.4 Å². The summed E-state index contributed by atoms with van der Waals surface area (Å²) in [4.78, 5) is 21.1. The molecule has 3 aromatic heterocycles. The van der Waals surface area contributed by atoms with Crippen LogP contribution in [0, 0.1) is 0 Å². The lowest BCUT2D eigenvalue weighted by Gasteiger charge is -2.23. The zero-order chi connectivity index (χ0) is 23.8. The molecule has 0 spiro atoms. The minimum atomic E-state index is -0.0783. The molecule has 4 aromatic rings. The number of aromatic nitrogens is 3. The molecule has 1 aliphatic heterocycles. The summed E-state index contributed by atoms with van der Waals surface area (Å²) >= 11 is 0. The maximum atomic E-state index is 13.1. The predicted molar refractivity (Wildman–Crippen MR) is 138 cm³/mol. The number of nitrogens with one attached hydrogen (secondary N) is 2. The highest BCUT2D eigenvalue weighted by atomic mass is 16.5. The molecule has 0 bridgehead atoms. The molecule has 0 unspecified atom stereocenters. The number of ether oxygens (including phenoxy) is 1. The number of H-pyrrole nitrogens is 1. The standard InChI is InChI=1S/C28H32N4O2/c1-17(2)25-23-14-19(18-9-12-29-13-10-18)7-8-24(23)31-26(25)20-15-22(28(33)32(3)16-20)21-6-5-11-30-27(21)34-4/h5-8,11,14-18,29,31H,9-10,12-13H2,1-4H3. The van der Waals surface area contributed by atoms with Crippen LogP contribution in [0.2, 0.25) is 0 Å². The highest BCUT2D eigenvalue weighted by Crippen LogP contribution is 2.38. The maximum absolute atomic E-state index is 13.1. The normalized spacial score (nSPS) is 14.7. The fraction of sp³-hybridized carbons (Fsp3) is 0.357. The summed E-state index contributed by atoms with van der Waals surface area (Å²) in [5, 5.41) is 4.74. The van der Waals surface area contributed by atoms with Crippen molar-refractivity contribution in [2.45, 2.75) is 38.5 Å². The average Bonchev–Trinajstić information content (AvgIpc) is 3.25. The summed E-state index contributed by atoms with van der Waals surface area (Å²) in [6.07, 6.45) is 5.94. The van der Waals surface area contributed by atoms with Gasteiger partial charge in [0, 0.05) is 41.5 Å². The summed E-state index contributed by atoms with van der Waals surface area (Å²) in [6.45, 7) is 6.63. The minimum absolute atomic E-state index is 0.0783. The van der Waals surface area contributed by atoms with Crippen LogP contribution in [0.3, 0.4) is 0 Å². The molecule has 0 radical (unpaired) electrons. The van der Waals surface area contributed by atoms with E-state index in [2.05, 4.69) is 47.3 Å². The van der Waals surface area contributed by atoms with Crippen molar-refractivity contribution in [2.75, 3.05) is 20.2 Å². The fourth-order valence-electron chi connectivity index (χ4n) is 5.27. The highest BCUT2D eigenvalue weighted by Gasteiger charge is 2.21. The van der Waals surface area contributed by atoms with Gasteiger partial charge in [0.25, 0.3) is 5.56 Å². The van der Waals surface area contributed by atoms with Crippen LogP contribution in [0.4, 0.5) is 0 Å². The van der Waals surface area contributed by atoms with Gasteiger partial charge in [0.15, 0.2) is 0 Å². The van der Waals surface area contributed by atoms with Crippen LogP contribution >= 0.6 is 0 Å². The van der Waals surface area contributed by atoms with Crippen LogP contribution in [0.25, 0.3) is 33.3 Å². The Labute approximate surface area is 200 Å². The Morgan fingerprint density at radius 1 is 1.12 bits per heavy atom. The molecule has 6 nitrogen and oxygen atoms in total. The van der Waals surface area contributed by atoms with Crippen molar-refractivity contribution in [3.05, 3.63) is 70.3 Å². The van der Waals surface area contributed by atoms with E-state index in [1.54, 1.807) is 24.9 Å². The number of aryl methyl sites for hydroxylation is 1. The molecule has 6 heteroatoms. The van der Waals surface area contributed by atoms with E-state index in [9.17, 15) is 4.79 Å². The summed E-state index contributed by atoms with van der Waals surface area (Å²) < 4.78 is 7.10. The van der Waals surface area contributed by atoms with Gasteiger partial charge in [-0.25, -0.2) is 4.98 Å². The molecular weight excluding hydrogens is 424 g/mol. The molecule has 0 atom stereocenters. The van der Waals surface area contributed by atoms with Crippen LogP contribution in [0.1, 0.15) is 49.7 Å². The number of piperidine rings is 1. The van der Waals surface area contributed by atoms with Gasteiger partial charge >= 0.3 is 0 Å². The number of hydrogen-bond acceptors (Lipinski definition) is 4. The van der Waals surface area contributed by atoms with Gasteiger partial charge in [-0.3, -0.25) is 4.79 Å². The van der Waals surface area contributed by atoms with Crippen LogP contribution in [-0.2, 0) is 7.05 Å². The van der Waals surface area contributed by atoms with E-state index < -0.39 is 0 Å². The van der Waals surface area contributed by atoms with E-state index in [0.29, 0.717) is 28.8 Å². The number of pyridine rings is 2. The van der Waals surface area contributed by atoms with Crippen molar-refractivity contribution in [1.29, 1.82) is 0 Å². The second-order valence-electron chi connectivity index (χ2n) is 9.52.